The van der Waals surface area contributed by atoms with E-state index < -0.39 is 10.0 Å². The number of amides is 1. The van der Waals surface area contributed by atoms with Gasteiger partial charge in [0, 0.05) is 24.6 Å². The Morgan fingerprint density at radius 1 is 1.11 bits per heavy atom. The molecule has 0 bridgehead atoms. The zero-order chi connectivity index (χ0) is 19.7. The van der Waals surface area contributed by atoms with Gasteiger partial charge in [0.1, 0.15) is 0 Å². The SMILES string of the molecule is CC(CCc1ccccc1)NC(=O)c1ccc(S(=O)(=O)NCCC#N)cc1. The lowest BCUT2D eigenvalue weighted by Crippen LogP contribution is -2.33. The number of carbonyl (C=O) groups is 1. The molecule has 0 fully saturated rings. The van der Waals surface area contributed by atoms with Gasteiger partial charge in [-0.2, -0.15) is 5.26 Å². The van der Waals surface area contributed by atoms with Gasteiger partial charge in [0.2, 0.25) is 10.0 Å². The molecule has 7 heteroatoms. The molecule has 0 spiro atoms. The molecule has 0 aliphatic rings. The fourth-order valence-electron chi connectivity index (χ4n) is 2.52. The van der Waals surface area contributed by atoms with Crippen molar-refractivity contribution < 1.29 is 13.2 Å². The summed E-state index contributed by atoms with van der Waals surface area (Å²) in [5, 5.41) is 11.4. The number of aryl methyl sites for hydroxylation is 1. The summed E-state index contributed by atoms with van der Waals surface area (Å²) in [4.78, 5) is 12.4. The third kappa shape index (κ3) is 6.51. The van der Waals surface area contributed by atoms with Crippen molar-refractivity contribution >= 4 is 15.9 Å². The normalized spacial score (nSPS) is 12.1. The van der Waals surface area contributed by atoms with Gasteiger partial charge in [-0.1, -0.05) is 30.3 Å². The van der Waals surface area contributed by atoms with Crippen molar-refractivity contribution in [3.8, 4) is 6.07 Å². The summed E-state index contributed by atoms with van der Waals surface area (Å²) in [7, 11) is -3.67. The molecule has 2 N–H and O–H groups in total. The van der Waals surface area contributed by atoms with E-state index in [2.05, 4.69) is 22.2 Å². The van der Waals surface area contributed by atoms with Gasteiger partial charge in [-0.15, -0.1) is 0 Å². The molecule has 0 aromatic heterocycles. The van der Waals surface area contributed by atoms with E-state index in [-0.39, 0.29) is 29.8 Å². The summed E-state index contributed by atoms with van der Waals surface area (Å²) in [6, 6.07) is 17.7. The van der Waals surface area contributed by atoms with Gasteiger partial charge in [-0.25, -0.2) is 13.1 Å². The van der Waals surface area contributed by atoms with E-state index in [1.54, 1.807) is 0 Å². The fourth-order valence-corrected chi connectivity index (χ4v) is 3.55. The van der Waals surface area contributed by atoms with Gasteiger partial charge in [0.15, 0.2) is 0 Å². The largest absolute Gasteiger partial charge is 0.350 e. The number of rotatable bonds is 9. The maximum absolute atomic E-state index is 12.3. The maximum Gasteiger partial charge on any atom is 0.251 e. The van der Waals surface area contributed by atoms with Crippen molar-refractivity contribution in [2.45, 2.75) is 37.1 Å². The molecule has 0 radical (unpaired) electrons. The summed E-state index contributed by atoms with van der Waals surface area (Å²) >= 11 is 0. The predicted molar refractivity (Wildman–Crippen MR) is 104 cm³/mol. The van der Waals surface area contributed by atoms with Crippen molar-refractivity contribution in [2.75, 3.05) is 6.54 Å². The van der Waals surface area contributed by atoms with Crippen LogP contribution in [0.25, 0.3) is 0 Å². The van der Waals surface area contributed by atoms with Gasteiger partial charge < -0.3 is 5.32 Å². The second-order valence-corrected chi connectivity index (χ2v) is 8.00. The van der Waals surface area contributed by atoms with Gasteiger partial charge in [0.25, 0.3) is 5.91 Å². The average Bonchev–Trinajstić information content (AvgIpc) is 2.67. The van der Waals surface area contributed by atoms with Crippen LogP contribution in [0.15, 0.2) is 59.5 Å². The Balaban J connectivity index is 1.90. The molecule has 0 aliphatic carbocycles. The first-order valence-corrected chi connectivity index (χ1v) is 10.2. The lowest BCUT2D eigenvalue weighted by molar-refractivity contribution is 0.0938. The standard InChI is InChI=1S/C20H23N3O3S/c1-16(8-9-17-6-3-2-4-7-17)23-20(24)18-10-12-19(13-11-18)27(25,26)22-15-5-14-21/h2-4,6-7,10-13,16,22H,5,8-9,15H2,1H3,(H,23,24). The molecule has 1 unspecified atom stereocenters. The zero-order valence-electron chi connectivity index (χ0n) is 15.2. The van der Waals surface area contributed by atoms with Crippen LogP contribution in [0.4, 0.5) is 0 Å². The average molecular weight is 385 g/mol. The molecule has 1 amide bonds. The van der Waals surface area contributed by atoms with E-state index in [4.69, 9.17) is 5.26 Å². The lowest BCUT2D eigenvalue weighted by atomic mass is 10.1. The van der Waals surface area contributed by atoms with Crippen LogP contribution in [-0.2, 0) is 16.4 Å². The first-order chi connectivity index (χ1) is 12.9. The van der Waals surface area contributed by atoms with Crippen LogP contribution in [0, 0.1) is 11.3 Å². The minimum Gasteiger partial charge on any atom is -0.350 e. The number of nitrogens with one attached hydrogen (secondary N) is 2. The Kier molecular flexibility index (Phi) is 7.53. The number of hydrogen-bond donors (Lipinski definition) is 2. The van der Waals surface area contributed by atoms with Crippen LogP contribution >= 0.6 is 0 Å². The molecule has 0 saturated heterocycles. The van der Waals surface area contributed by atoms with E-state index in [1.165, 1.54) is 29.8 Å². The van der Waals surface area contributed by atoms with Crippen molar-refractivity contribution in [3.63, 3.8) is 0 Å². The Morgan fingerprint density at radius 3 is 2.41 bits per heavy atom. The molecule has 0 heterocycles. The van der Waals surface area contributed by atoms with Crippen molar-refractivity contribution in [2.24, 2.45) is 0 Å². The van der Waals surface area contributed by atoms with Crippen molar-refractivity contribution in [3.05, 3.63) is 65.7 Å². The van der Waals surface area contributed by atoms with Crippen LogP contribution in [0.3, 0.4) is 0 Å². The summed E-state index contributed by atoms with van der Waals surface area (Å²) in [5.74, 6) is -0.239. The highest BCUT2D eigenvalue weighted by Crippen LogP contribution is 2.11. The van der Waals surface area contributed by atoms with Gasteiger partial charge in [-0.05, 0) is 49.6 Å². The number of sulfonamides is 1. The number of nitrogens with zero attached hydrogens (tertiary/aromatic N) is 1. The van der Waals surface area contributed by atoms with Crippen LogP contribution in [0.1, 0.15) is 35.7 Å². The van der Waals surface area contributed by atoms with Crippen molar-refractivity contribution in [1.82, 2.24) is 10.0 Å². The second-order valence-electron chi connectivity index (χ2n) is 6.23. The minimum atomic E-state index is -3.67. The van der Waals surface area contributed by atoms with Crippen LogP contribution < -0.4 is 10.0 Å². The quantitative estimate of drug-likeness (QED) is 0.648. The van der Waals surface area contributed by atoms with Crippen molar-refractivity contribution in [1.29, 1.82) is 5.26 Å². The van der Waals surface area contributed by atoms with Gasteiger partial charge >= 0.3 is 0 Å². The smallest absolute Gasteiger partial charge is 0.251 e. The first-order valence-electron chi connectivity index (χ1n) is 8.74. The molecule has 1 atom stereocenters. The zero-order valence-corrected chi connectivity index (χ0v) is 16.0. The molecular formula is C20H23N3O3S. The number of hydrogen-bond acceptors (Lipinski definition) is 4. The highest BCUT2D eigenvalue weighted by Gasteiger charge is 2.15. The van der Waals surface area contributed by atoms with Crippen LogP contribution in [-0.4, -0.2) is 26.9 Å². The van der Waals surface area contributed by atoms with Crippen LogP contribution in [0.5, 0.6) is 0 Å². The topological polar surface area (TPSA) is 99.1 Å². The molecule has 0 aliphatic heterocycles. The predicted octanol–water partition coefficient (Wildman–Crippen LogP) is 2.63. The number of carbonyl (C=O) groups excluding carboxylic acids is 1. The van der Waals surface area contributed by atoms with E-state index in [9.17, 15) is 13.2 Å². The van der Waals surface area contributed by atoms with E-state index in [1.807, 2.05) is 31.2 Å². The van der Waals surface area contributed by atoms with E-state index >= 15 is 0 Å². The van der Waals surface area contributed by atoms with E-state index in [0.717, 1.165) is 12.8 Å². The molecule has 0 saturated carbocycles. The van der Waals surface area contributed by atoms with E-state index in [0.29, 0.717) is 5.56 Å². The monoisotopic (exact) mass is 385 g/mol. The Bertz CT molecular complexity index is 888. The Labute approximate surface area is 160 Å². The maximum atomic E-state index is 12.3. The molecule has 2 aromatic rings. The lowest BCUT2D eigenvalue weighted by Gasteiger charge is -2.14. The third-order valence-electron chi connectivity index (χ3n) is 4.04. The highest BCUT2D eigenvalue weighted by atomic mass is 32.2. The molecule has 6 nitrogen and oxygen atoms in total. The Hall–Kier alpha value is -2.69. The summed E-state index contributed by atoms with van der Waals surface area (Å²) in [6.07, 6.45) is 1.78. The molecular weight excluding hydrogens is 362 g/mol. The summed E-state index contributed by atoms with van der Waals surface area (Å²) in [6.45, 7) is 2.00. The number of benzene rings is 2. The summed E-state index contributed by atoms with van der Waals surface area (Å²) < 4.78 is 26.5. The van der Waals surface area contributed by atoms with Crippen LogP contribution in [0.2, 0.25) is 0 Å². The number of nitriles is 1. The molecule has 2 rings (SSSR count). The second kappa shape index (κ2) is 9.86. The summed E-state index contributed by atoms with van der Waals surface area (Å²) in [5.41, 5.74) is 1.62. The Morgan fingerprint density at radius 2 is 1.78 bits per heavy atom. The third-order valence-corrected chi connectivity index (χ3v) is 5.52. The minimum absolute atomic E-state index is 0.00577. The highest BCUT2D eigenvalue weighted by molar-refractivity contribution is 7.89. The molecule has 142 valence electrons. The van der Waals surface area contributed by atoms with Gasteiger partial charge in [0.05, 0.1) is 11.0 Å². The molecule has 27 heavy (non-hydrogen) atoms. The van der Waals surface area contributed by atoms with Gasteiger partial charge in [-0.3, -0.25) is 4.79 Å². The first kappa shape index (κ1) is 20.6. The fraction of sp³-hybridized carbons (Fsp3) is 0.300. The molecule has 2 aromatic carbocycles.